The highest BCUT2D eigenvalue weighted by molar-refractivity contribution is 7.89. The zero-order valence-electron chi connectivity index (χ0n) is 24.3. The zero-order valence-corrected chi connectivity index (χ0v) is 25.1. The fourth-order valence-corrected chi connectivity index (χ4v) is 8.33. The van der Waals surface area contributed by atoms with Crippen LogP contribution in [0.1, 0.15) is 41.1 Å². The van der Waals surface area contributed by atoms with Crippen LogP contribution in [-0.4, -0.2) is 55.2 Å². The Morgan fingerprint density at radius 1 is 0.907 bits per heavy atom. The second-order valence-corrected chi connectivity index (χ2v) is 13.6. The Balaban J connectivity index is 1.20. The first-order valence-electron chi connectivity index (χ1n) is 14.7. The number of rotatable bonds is 8. The van der Waals surface area contributed by atoms with Crippen LogP contribution in [0.25, 0.3) is 0 Å². The van der Waals surface area contributed by atoms with Crippen LogP contribution in [0.15, 0.2) is 83.8 Å². The average Bonchev–Trinajstić information content (AvgIpc) is 3.27. The summed E-state index contributed by atoms with van der Waals surface area (Å²) in [4.78, 5) is 44.2. The minimum atomic E-state index is -3.84. The van der Waals surface area contributed by atoms with Gasteiger partial charge in [0.25, 0.3) is 0 Å². The fourth-order valence-electron chi connectivity index (χ4n) is 7.06. The SMILES string of the molecule is Cc1ccc(S(=O)(=O)NCC(NC(=O)N2C[C@@H]3CC[C@H]2[C@H]2C(=O)N(Cc4ccccc4)C(=O)[C@@H]32)c2ccccc2)c(C)c1. The van der Waals surface area contributed by atoms with E-state index < -0.39 is 33.9 Å². The number of carbonyl (C=O) groups excluding carboxylic acids is 3. The Morgan fingerprint density at radius 3 is 2.28 bits per heavy atom. The molecule has 1 saturated carbocycles. The number of carbonyl (C=O) groups is 3. The molecule has 1 unspecified atom stereocenters. The van der Waals surface area contributed by atoms with Gasteiger partial charge in [0.2, 0.25) is 21.8 Å². The first-order valence-corrected chi connectivity index (χ1v) is 16.2. The topological polar surface area (TPSA) is 116 Å². The van der Waals surface area contributed by atoms with Crippen LogP contribution < -0.4 is 10.0 Å². The molecule has 0 radical (unpaired) electrons. The molecule has 4 aliphatic rings. The van der Waals surface area contributed by atoms with E-state index in [2.05, 4.69) is 10.0 Å². The van der Waals surface area contributed by atoms with Crippen molar-refractivity contribution in [2.75, 3.05) is 13.1 Å². The smallest absolute Gasteiger partial charge is 0.318 e. The summed E-state index contributed by atoms with van der Waals surface area (Å²) in [6.07, 6.45) is 1.43. The maximum atomic E-state index is 13.8. The van der Waals surface area contributed by atoms with E-state index in [1.807, 2.05) is 73.7 Å². The van der Waals surface area contributed by atoms with Crippen molar-refractivity contribution in [1.29, 1.82) is 0 Å². The zero-order chi connectivity index (χ0) is 30.3. The van der Waals surface area contributed by atoms with Gasteiger partial charge in [-0.05, 0) is 55.4 Å². The number of sulfonamides is 1. The Labute approximate surface area is 252 Å². The molecule has 43 heavy (non-hydrogen) atoms. The van der Waals surface area contributed by atoms with Crippen molar-refractivity contribution in [2.45, 2.75) is 50.2 Å². The van der Waals surface area contributed by atoms with Crippen molar-refractivity contribution < 1.29 is 22.8 Å². The minimum absolute atomic E-state index is 0.0539. The molecule has 2 bridgehead atoms. The third kappa shape index (κ3) is 5.57. The average molecular weight is 601 g/mol. The lowest BCUT2D eigenvalue weighted by atomic mass is 9.66. The number of benzene rings is 3. The molecule has 0 spiro atoms. The summed E-state index contributed by atoms with van der Waals surface area (Å²) >= 11 is 0. The summed E-state index contributed by atoms with van der Waals surface area (Å²) in [7, 11) is -3.84. The lowest BCUT2D eigenvalue weighted by molar-refractivity contribution is -0.140. The third-order valence-corrected chi connectivity index (χ3v) is 10.7. The summed E-state index contributed by atoms with van der Waals surface area (Å²) in [5.41, 5.74) is 3.25. The van der Waals surface area contributed by atoms with Crippen molar-refractivity contribution in [3.63, 3.8) is 0 Å². The first kappa shape index (κ1) is 29.1. The van der Waals surface area contributed by atoms with Gasteiger partial charge in [0, 0.05) is 19.1 Å². The molecule has 4 fully saturated rings. The van der Waals surface area contributed by atoms with E-state index in [0.29, 0.717) is 18.5 Å². The molecule has 1 aliphatic carbocycles. The summed E-state index contributed by atoms with van der Waals surface area (Å²) in [6.45, 7) is 4.22. The van der Waals surface area contributed by atoms with E-state index in [4.69, 9.17) is 0 Å². The van der Waals surface area contributed by atoms with Gasteiger partial charge < -0.3 is 10.2 Å². The van der Waals surface area contributed by atoms with Crippen LogP contribution in [0.4, 0.5) is 4.79 Å². The molecular weight excluding hydrogens is 564 g/mol. The number of nitrogens with one attached hydrogen (secondary N) is 2. The van der Waals surface area contributed by atoms with E-state index in [1.165, 1.54) is 4.90 Å². The van der Waals surface area contributed by atoms with Crippen LogP contribution in [0.5, 0.6) is 0 Å². The van der Waals surface area contributed by atoms with Gasteiger partial charge in [-0.3, -0.25) is 14.5 Å². The van der Waals surface area contributed by atoms with E-state index >= 15 is 0 Å². The molecule has 3 aliphatic heterocycles. The van der Waals surface area contributed by atoms with Crippen LogP contribution in [-0.2, 0) is 26.2 Å². The highest BCUT2D eigenvalue weighted by Crippen LogP contribution is 2.48. The molecule has 3 saturated heterocycles. The van der Waals surface area contributed by atoms with Gasteiger partial charge in [0.05, 0.1) is 29.3 Å². The number of imide groups is 1. The van der Waals surface area contributed by atoms with Crippen molar-refractivity contribution in [2.24, 2.45) is 17.8 Å². The molecule has 5 atom stereocenters. The van der Waals surface area contributed by atoms with Gasteiger partial charge >= 0.3 is 6.03 Å². The predicted octanol–water partition coefficient (Wildman–Crippen LogP) is 3.93. The van der Waals surface area contributed by atoms with E-state index in [1.54, 1.807) is 24.0 Å². The van der Waals surface area contributed by atoms with E-state index in [0.717, 1.165) is 23.1 Å². The number of piperidine rings is 2. The quantitative estimate of drug-likeness (QED) is 0.380. The van der Waals surface area contributed by atoms with Crippen molar-refractivity contribution >= 4 is 27.9 Å². The second kappa shape index (κ2) is 11.6. The number of nitrogens with zero attached hydrogens (tertiary/aromatic N) is 2. The summed E-state index contributed by atoms with van der Waals surface area (Å²) < 4.78 is 29.2. The number of hydrogen-bond acceptors (Lipinski definition) is 5. The molecule has 224 valence electrons. The molecular formula is C33H36N4O5S. The van der Waals surface area contributed by atoms with Crippen LogP contribution >= 0.6 is 0 Å². The van der Waals surface area contributed by atoms with Crippen molar-refractivity contribution in [1.82, 2.24) is 19.8 Å². The maximum Gasteiger partial charge on any atom is 0.318 e. The predicted molar refractivity (Wildman–Crippen MR) is 161 cm³/mol. The number of amides is 4. The van der Waals surface area contributed by atoms with Gasteiger partial charge in [-0.15, -0.1) is 0 Å². The Hall–Kier alpha value is -4.02. The molecule has 10 heteroatoms. The van der Waals surface area contributed by atoms with Gasteiger partial charge in [0.1, 0.15) is 0 Å². The third-order valence-electron chi connectivity index (χ3n) is 9.12. The minimum Gasteiger partial charge on any atom is -0.330 e. The number of aryl methyl sites for hydroxylation is 2. The number of hydrogen-bond donors (Lipinski definition) is 2. The summed E-state index contributed by atoms with van der Waals surface area (Å²) in [6, 6.07) is 22.4. The highest BCUT2D eigenvalue weighted by Gasteiger charge is 2.61. The molecule has 3 aromatic carbocycles. The monoisotopic (exact) mass is 600 g/mol. The van der Waals surface area contributed by atoms with E-state index in [9.17, 15) is 22.8 Å². The lowest BCUT2D eigenvalue weighted by Crippen LogP contribution is -2.62. The van der Waals surface area contributed by atoms with Gasteiger partial charge in [0.15, 0.2) is 0 Å². The van der Waals surface area contributed by atoms with Gasteiger partial charge in [-0.2, -0.15) is 0 Å². The molecule has 0 aromatic heterocycles. The number of likely N-dealkylation sites (tertiary alicyclic amines) is 1. The molecule has 4 amide bonds. The van der Waals surface area contributed by atoms with Gasteiger partial charge in [-0.1, -0.05) is 78.4 Å². The van der Waals surface area contributed by atoms with Crippen LogP contribution in [0.2, 0.25) is 0 Å². The number of urea groups is 1. The highest BCUT2D eigenvalue weighted by atomic mass is 32.2. The molecule has 2 N–H and O–H groups in total. The second-order valence-electron chi connectivity index (χ2n) is 11.9. The molecule has 3 heterocycles. The largest absolute Gasteiger partial charge is 0.330 e. The van der Waals surface area contributed by atoms with Gasteiger partial charge in [-0.25, -0.2) is 17.9 Å². The molecule has 7 rings (SSSR count). The lowest BCUT2D eigenvalue weighted by Gasteiger charge is -2.50. The van der Waals surface area contributed by atoms with E-state index in [-0.39, 0.29) is 41.7 Å². The first-order chi connectivity index (χ1) is 20.6. The summed E-state index contributed by atoms with van der Waals surface area (Å²) in [5.74, 6) is -1.43. The van der Waals surface area contributed by atoms with Crippen molar-refractivity contribution in [3.8, 4) is 0 Å². The molecule has 3 aromatic rings. The normalized spacial score (nSPS) is 23.8. The van der Waals surface area contributed by atoms with Crippen LogP contribution in [0.3, 0.4) is 0 Å². The maximum absolute atomic E-state index is 13.8. The Bertz CT molecular complexity index is 1650. The summed E-state index contributed by atoms with van der Waals surface area (Å²) in [5, 5.41) is 3.04. The Morgan fingerprint density at radius 2 is 1.58 bits per heavy atom. The van der Waals surface area contributed by atoms with Crippen LogP contribution in [0, 0.1) is 31.6 Å². The Kier molecular flexibility index (Phi) is 7.83. The molecule has 9 nitrogen and oxygen atoms in total. The number of fused-ring (bicyclic) bond motifs is 2. The van der Waals surface area contributed by atoms with Crippen molar-refractivity contribution in [3.05, 3.63) is 101 Å². The standard InChI is InChI=1S/C33H36N4O5S/c1-21-13-16-28(22(2)17-21)43(41,42)34-18-26(24-11-7-4-8-12-24)35-33(40)36-20-25-14-15-27(36)30-29(25)31(38)37(32(30)39)19-23-9-5-3-6-10-23/h3-13,16-17,25-27,29-30,34H,14-15,18-20H2,1-2H3,(H,35,40)/t25-,26?,27-,29-,30+/m0/s1. The fraction of sp³-hybridized carbons (Fsp3) is 0.364.